The fourth-order valence-electron chi connectivity index (χ4n) is 0.891. The topological polar surface area (TPSA) is 80.3 Å². The van der Waals surface area contributed by atoms with Crippen molar-refractivity contribution in [3.8, 4) is 0 Å². The van der Waals surface area contributed by atoms with Crippen molar-refractivity contribution >= 4 is 31.5 Å². The lowest BCUT2D eigenvalue weighted by Gasteiger charge is -2.11. The Hall–Kier alpha value is 0.150. The second-order valence-corrected chi connectivity index (χ2v) is 8.44. The van der Waals surface area contributed by atoms with Gasteiger partial charge in [-0.3, -0.25) is 0 Å². The summed E-state index contributed by atoms with van der Waals surface area (Å²) in [6.07, 6.45) is 1.73. The Morgan fingerprint density at radius 1 is 1.19 bits per heavy atom. The molecule has 0 spiro atoms. The fraction of sp³-hybridized carbons (Fsp3) is 1.00. The molecular formula is C8H18ClNO4S2. The van der Waals surface area contributed by atoms with Gasteiger partial charge < -0.3 is 0 Å². The van der Waals surface area contributed by atoms with Crippen LogP contribution in [0.25, 0.3) is 0 Å². The molecule has 0 aliphatic carbocycles. The third kappa shape index (κ3) is 9.38. The number of rotatable bonds is 8. The van der Waals surface area contributed by atoms with Crippen LogP contribution in [0.5, 0.6) is 0 Å². The number of hydrogen-bond donors (Lipinski definition) is 1. The van der Waals surface area contributed by atoms with E-state index in [0.717, 1.165) is 12.7 Å². The van der Waals surface area contributed by atoms with Gasteiger partial charge in [-0.25, -0.2) is 21.6 Å². The van der Waals surface area contributed by atoms with Crippen molar-refractivity contribution in [1.82, 2.24) is 4.72 Å². The van der Waals surface area contributed by atoms with Crippen LogP contribution in [-0.4, -0.2) is 47.0 Å². The summed E-state index contributed by atoms with van der Waals surface area (Å²) in [6, 6.07) is 0. The molecule has 0 aromatic rings. The quantitative estimate of drug-likeness (QED) is 0.649. The second kappa shape index (κ2) is 6.78. The van der Waals surface area contributed by atoms with Crippen LogP contribution >= 0.6 is 11.6 Å². The average molecular weight is 292 g/mol. The first kappa shape index (κ1) is 16.1. The van der Waals surface area contributed by atoms with Crippen LogP contribution < -0.4 is 4.72 Å². The summed E-state index contributed by atoms with van der Waals surface area (Å²) in [5, 5.41) is 0. The largest absolute Gasteiger partial charge is 0.229 e. The van der Waals surface area contributed by atoms with E-state index in [1.54, 1.807) is 0 Å². The van der Waals surface area contributed by atoms with Crippen molar-refractivity contribution in [3.63, 3.8) is 0 Å². The van der Waals surface area contributed by atoms with E-state index in [2.05, 4.69) is 4.72 Å². The van der Waals surface area contributed by atoms with Gasteiger partial charge >= 0.3 is 0 Å². The summed E-state index contributed by atoms with van der Waals surface area (Å²) in [7, 11) is -6.75. The first-order valence-corrected chi connectivity index (χ1v) is 9.12. The minimum Gasteiger partial charge on any atom is -0.229 e. The van der Waals surface area contributed by atoms with E-state index >= 15 is 0 Å². The van der Waals surface area contributed by atoms with Crippen molar-refractivity contribution in [2.24, 2.45) is 5.92 Å². The van der Waals surface area contributed by atoms with E-state index in [0.29, 0.717) is 12.4 Å². The summed E-state index contributed by atoms with van der Waals surface area (Å²) in [4.78, 5) is 0. The Bertz CT molecular complexity index is 390. The minimum atomic E-state index is -3.50. The highest BCUT2D eigenvalue weighted by atomic mass is 35.5. The molecule has 0 aliphatic rings. The number of sulfonamides is 1. The summed E-state index contributed by atoms with van der Waals surface area (Å²) < 4.78 is 46.7. The predicted molar refractivity (Wildman–Crippen MR) is 66.0 cm³/mol. The maximum absolute atomic E-state index is 11.4. The number of sulfone groups is 1. The molecule has 0 aromatic heterocycles. The first-order chi connectivity index (χ1) is 7.16. The van der Waals surface area contributed by atoms with Crippen molar-refractivity contribution in [1.29, 1.82) is 0 Å². The average Bonchev–Trinajstić information content (AvgIpc) is 2.12. The van der Waals surface area contributed by atoms with Gasteiger partial charge in [0.15, 0.2) is 0 Å². The Balaban J connectivity index is 4.07. The van der Waals surface area contributed by atoms with Gasteiger partial charge in [0, 0.05) is 18.7 Å². The molecule has 0 bridgehead atoms. The van der Waals surface area contributed by atoms with Gasteiger partial charge in [0.1, 0.15) is 9.84 Å². The molecule has 0 fully saturated rings. The van der Waals surface area contributed by atoms with Crippen LogP contribution in [0.15, 0.2) is 0 Å². The summed E-state index contributed by atoms with van der Waals surface area (Å²) in [5.41, 5.74) is 0. The minimum absolute atomic E-state index is 0.144. The van der Waals surface area contributed by atoms with E-state index in [9.17, 15) is 16.8 Å². The second-order valence-electron chi connectivity index (χ2n) is 3.88. The van der Waals surface area contributed by atoms with Gasteiger partial charge in [0.2, 0.25) is 10.0 Å². The molecule has 8 heteroatoms. The Morgan fingerprint density at radius 2 is 1.75 bits per heavy atom. The standard InChI is InChI=1S/C8H18ClNO4S2/c1-8(3-4-9)7-10-16(13,14)6-5-15(2,11)12/h8,10H,3-7H2,1-2H3. The molecule has 1 atom stereocenters. The van der Waals surface area contributed by atoms with Crippen LogP contribution in [0, 0.1) is 5.92 Å². The van der Waals surface area contributed by atoms with E-state index in [1.807, 2.05) is 6.92 Å². The molecule has 0 rings (SSSR count). The summed E-state index contributed by atoms with van der Waals surface area (Å²) in [5.74, 6) is -0.122. The Kier molecular flexibility index (Phi) is 6.84. The molecule has 0 saturated heterocycles. The molecular weight excluding hydrogens is 274 g/mol. The van der Waals surface area contributed by atoms with Crippen molar-refractivity contribution < 1.29 is 16.8 Å². The highest BCUT2D eigenvalue weighted by Crippen LogP contribution is 2.02. The monoisotopic (exact) mass is 291 g/mol. The smallest absolute Gasteiger partial charge is 0.212 e. The van der Waals surface area contributed by atoms with Gasteiger partial charge in [-0.15, -0.1) is 11.6 Å². The fourth-order valence-corrected chi connectivity index (χ4v) is 4.03. The molecule has 0 heterocycles. The van der Waals surface area contributed by atoms with Crippen LogP contribution in [-0.2, 0) is 19.9 Å². The van der Waals surface area contributed by atoms with Crippen molar-refractivity contribution in [2.75, 3.05) is 30.2 Å². The first-order valence-electron chi connectivity index (χ1n) is 4.87. The molecule has 0 aromatic carbocycles. The predicted octanol–water partition coefficient (Wildman–Crippen LogP) is 0.215. The normalized spacial score (nSPS) is 14.9. The molecule has 1 N–H and O–H groups in total. The lowest BCUT2D eigenvalue weighted by atomic mass is 10.1. The zero-order valence-electron chi connectivity index (χ0n) is 9.44. The zero-order chi connectivity index (χ0) is 12.8. The van der Waals surface area contributed by atoms with Gasteiger partial charge in [0.05, 0.1) is 11.5 Å². The highest BCUT2D eigenvalue weighted by molar-refractivity contribution is 7.93. The van der Waals surface area contributed by atoms with Crippen LogP contribution in [0.2, 0.25) is 0 Å². The van der Waals surface area contributed by atoms with Gasteiger partial charge in [-0.2, -0.15) is 0 Å². The maximum atomic E-state index is 11.4. The Labute approximate surface area is 103 Å². The van der Waals surface area contributed by atoms with E-state index in [-0.39, 0.29) is 17.4 Å². The Morgan fingerprint density at radius 3 is 2.19 bits per heavy atom. The molecule has 0 amide bonds. The molecule has 0 saturated carbocycles. The van der Waals surface area contributed by atoms with Crippen LogP contribution in [0.1, 0.15) is 13.3 Å². The van der Waals surface area contributed by atoms with Crippen LogP contribution in [0.4, 0.5) is 0 Å². The lowest BCUT2D eigenvalue weighted by molar-refractivity contribution is 0.530. The molecule has 1 unspecified atom stereocenters. The van der Waals surface area contributed by atoms with E-state index in [4.69, 9.17) is 11.6 Å². The third-order valence-electron chi connectivity index (χ3n) is 1.98. The summed E-state index contributed by atoms with van der Waals surface area (Å²) >= 11 is 5.51. The van der Waals surface area contributed by atoms with Crippen LogP contribution in [0.3, 0.4) is 0 Å². The maximum Gasteiger partial charge on any atom is 0.212 e. The molecule has 0 radical (unpaired) electrons. The molecule has 0 aliphatic heterocycles. The van der Waals surface area contributed by atoms with E-state index < -0.39 is 19.9 Å². The zero-order valence-corrected chi connectivity index (χ0v) is 11.8. The van der Waals surface area contributed by atoms with E-state index in [1.165, 1.54) is 0 Å². The number of halogens is 1. The number of alkyl halides is 1. The number of nitrogens with one attached hydrogen (secondary N) is 1. The molecule has 5 nitrogen and oxygen atoms in total. The lowest BCUT2D eigenvalue weighted by Crippen LogP contribution is -2.32. The van der Waals surface area contributed by atoms with Gasteiger partial charge in [-0.1, -0.05) is 6.92 Å². The molecule has 16 heavy (non-hydrogen) atoms. The molecule has 98 valence electrons. The summed E-state index contributed by atoms with van der Waals surface area (Å²) in [6.45, 7) is 2.17. The number of hydrogen-bond acceptors (Lipinski definition) is 4. The van der Waals surface area contributed by atoms with Crippen molar-refractivity contribution in [3.05, 3.63) is 0 Å². The highest BCUT2D eigenvalue weighted by Gasteiger charge is 2.15. The third-order valence-corrected chi connectivity index (χ3v) is 4.75. The van der Waals surface area contributed by atoms with Crippen molar-refractivity contribution in [2.45, 2.75) is 13.3 Å². The van der Waals surface area contributed by atoms with Gasteiger partial charge in [0.25, 0.3) is 0 Å². The van der Waals surface area contributed by atoms with Gasteiger partial charge in [-0.05, 0) is 12.3 Å². The SMILES string of the molecule is CC(CCCl)CNS(=O)(=O)CCS(C)(=O)=O.